The van der Waals surface area contributed by atoms with E-state index in [2.05, 4.69) is 15.9 Å². The summed E-state index contributed by atoms with van der Waals surface area (Å²) in [6.07, 6.45) is 0.455. The highest BCUT2D eigenvalue weighted by molar-refractivity contribution is 9.10. The summed E-state index contributed by atoms with van der Waals surface area (Å²) in [5.41, 5.74) is 1.52. The van der Waals surface area contributed by atoms with Crippen LogP contribution in [0.2, 0.25) is 5.02 Å². The molecule has 0 atom stereocenters. The molecule has 2 heterocycles. The average molecular weight is 608 g/mol. The zero-order valence-corrected chi connectivity index (χ0v) is 22.5. The zero-order chi connectivity index (χ0) is 26.5. The van der Waals surface area contributed by atoms with Gasteiger partial charge >= 0.3 is 5.97 Å². The minimum absolute atomic E-state index is 0.0348. The number of carbonyl (C=O) groups is 2. The Balaban J connectivity index is 1.44. The summed E-state index contributed by atoms with van der Waals surface area (Å²) in [7, 11) is -4.15. The van der Waals surface area contributed by atoms with E-state index < -0.39 is 32.1 Å². The monoisotopic (exact) mass is 606 g/mol. The summed E-state index contributed by atoms with van der Waals surface area (Å²) in [6, 6.07) is 15.8. The Morgan fingerprint density at radius 1 is 1.08 bits per heavy atom. The molecule has 0 unspecified atom stereocenters. The van der Waals surface area contributed by atoms with Crippen LogP contribution in [0.25, 0.3) is 0 Å². The first-order chi connectivity index (χ1) is 17.5. The van der Waals surface area contributed by atoms with Crippen molar-refractivity contribution >= 4 is 55.1 Å². The van der Waals surface area contributed by atoms with E-state index >= 15 is 0 Å². The Hall–Kier alpha value is -2.79. The molecular weight excluding hydrogens is 587 g/mol. The smallest absolute Gasteiger partial charge is 0.335 e. The first kappa shape index (κ1) is 25.8. The molecule has 0 saturated carbocycles. The summed E-state index contributed by atoms with van der Waals surface area (Å²) in [5.74, 6) is -2.16. The van der Waals surface area contributed by atoms with Gasteiger partial charge in [-0.3, -0.25) is 4.79 Å². The molecule has 192 valence electrons. The molecule has 0 aromatic heterocycles. The minimum atomic E-state index is -4.15. The van der Waals surface area contributed by atoms with Gasteiger partial charge in [0.25, 0.3) is 0 Å². The van der Waals surface area contributed by atoms with Gasteiger partial charge in [-0.05, 0) is 66.4 Å². The Labute approximate surface area is 226 Å². The van der Waals surface area contributed by atoms with Crippen molar-refractivity contribution in [2.24, 2.45) is 0 Å². The number of halogens is 3. The maximum absolute atomic E-state index is 14.5. The number of nitrogens with zero attached hydrogens (tertiary/aromatic N) is 2. The number of sulfonamides is 1. The van der Waals surface area contributed by atoms with Gasteiger partial charge in [-0.1, -0.05) is 45.7 Å². The van der Waals surface area contributed by atoms with Crippen molar-refractivity contribution in [3.05, 3.63) is 92.7 Å². The standard InChI is InChI=1S/C26H21BrClFN2O5S/c27-18-8-9-21-19(14-18)26(25(34)31(21)15-16-4-6-17(7-5-16)24(32)33)10-12-30(13-11-26)37(35,36)22-3-1-2-20(28)23(22)29/h1-9,14H,10-13,15H2,(H,32,33). The number of carbonyl (C=O) groups excluding carboxylic acids is 1. The lowest BCUT2D eigenvalue weighted by atomic mass is 9.74. The predicted molar refractivity (Wildman–Crippen MR) is 140 cm³/mol. The number of amides is 1. The quantitative estimate of drug-likeness (QED) is 0.430. The highest BCUT2D eigenvalue weighted by Crippen LogP contribution is 2.50. The molecular formula is C26H21BrClFN2O5S. The van der Waals surface area contributed by atoms with Gasteiger partial charge in [0.2, 0.25) is 15.9 Å². The van der Waals surface area contributed by atoms with Gasteiger partial charge < -0.3 is 10.0 Å². The maximum Gasteiger partial charge on any atom is 0.335 e. The Morgan fingerprint density at radius 2 is 1.76 bits per heavy atom. The molecule has 0 bridgehead atoms. The lowest BCUT2D eigenvalue weighted by Gasteiger charge is -2.38. The molecule has 5 rings (SSSR count). The molecule has 0 aliphatic carbocycles. The van der Waals surface area contributed by atoms with Crippen molar-refractivity contribution in [1.82, 2.24) is 4.31 Å². The second kappa shape index (κ2) is 9.50. The molecule has 2 aliphatic rings. The van der Waals surface area contributed by atoms with Crippen LogP contribution in [0.3, 0.4) is 0 Å². The van der Waals surface area contributed by atoms with Gasteiger partial charge in [0.05, 0.1) is 22.5 Å². The van der Waals surface area contributed by atoms with Crippen molar-refractivity contribution in [3.63, 3.8) is 0 Å². The molecule has 11 heteroatoms. The van der Waals surface area contributed by atoms with E-state index in [1.165, 1.54) is 34.6 Å². The number of fused-ring (bicyclic) bond motifs is 2. The Morgan fingerprint density at radius 3 is 2.41 bits per heavy atom. The topological polar surface area (TPSA) is 95.0 Å². The fraction of sp³-hybridized carbons (Fsp3) is 0.231. The number of carboxylic acid groups (broad SMARTS) is 1. The number of hydrogen-bond acceptors (Lipinski definition) is 4. The van der Waals surface area contributed by atoms with Crippen LogP contribution in [0.5, 0.6) is 0 Å². The van der Waals surface area contributed by atoms with Gasteiger partial charge in [0, 0.05) is 23.2 Å². The molecule has 37 heavy (non-hydrogen) atoms. The molecule has 1 spiro atoms. The lowest BCUT2D eigenvalue weighted by molar-refractivity contribution is -0.124. The number of anilines is 1. The van der Waals surface area contributed by atoms with Crippen molar-refractivity contribution in [1.29, 1.82) is 0 Å². The number of piperidine rings is 1. The van der Waals surface area contributed by atoms with Crippen molar-refractivity contribution < 1.29 is 27.5 Å². The van der Waals surface area contributed by atoms with E-state index in [1.807, 2.05) is 18.2 Å². The Bertz CT molecular complexity index is 1520. The molecule has 2 aliphatic heterocycles. The molecule has 0 radical (unpaired) electrons. The van der Waals surface area contributed by atoms with E-state index in [0.29, 0.717) is 0 Å². The Kier molecular flexibility index (Phi) is 6.64. The van der Waals surface area contributed by atoms with Gasteiger partial charge in [-0.2, -0.15) is 4.31 Å². The van der Waals surface area contributed by atoms with Gasteiger partial charge in [-0.25, -0.2) is 17.6 Å². The number of hydrogen-bond donors (Lipinski definition) is 1. The molecule has 3 aromatic carbocycles. The van der Waals surface area contributed by atoms with Crippen molar-refractivity contribution in [2.75, 3.05) is 18.0 Å². The average Bonchev–Trinajstić information content (AvgIpc) is 3.08. The number of benzene rings is 3. The third-order valence-electron chi connectivity index (χ3n) is 7.07. The summed E-state index contributed by atoms with van der Waals surface area (Å²) >= 11 is 9.30. The lowest BCUT2D eigenvalue weighted by Crippen LogP contribution is -2.50. The summed E-state index contributed by atoms with van der Waals surface area (Å²) < 4.78 is 43.0. The van der Waals surface area contributed by atoms with Crippen LogP contribution < -0.4 is 4.90 Å². The molecule has 3 aromatic rings. The van der Waals surface area contributed by atoms with Crippen LogP contribution in [0, 0.1) is 5.82 Å². The highest BCUT2D eigenvalue weighted by Gasteiger charge is 2.53. The van der Waals surface area contributed by atoms with Gasteiger partial charge in [-0.15, -0.1) is 0 Å². The number of carboxylic acids is 1. The third-order valence-corrected chi connectivity index (χ3v) is 9.77. The van der Waals surface area contributed by atoms with Crippen LogP contribution in [-0.2, 0) is 26.8 Å². The number of aromatic carboxylic acids is 1. The second-order valence-electron chi connectivity index (χ2n) is 9.09. The van der Waals surface area contributed by atoms with Crippen LogP contribution >= 0.6 is 27.5 Å². The van der Waals surface area contributed by atoms with Gasteiger partial charge in [0.1, 0.15) is 4.90 Å². The fourth-order valence-electron chi connectivity index (χ4n) is 5.12. The first-order valence-electron chi connectivity index (χ1n) is 11.4. The fourth-order valence-corrected chi connectivity index (χ4v) is 7.24. The minimum Gasteiger partial charge on any atom is -0.478 e. The predicted octanol–water partition coefficient (Wildman–Crippen LogP) is 5.21. The highest BCUT2D eigenvalue weighted by atomic mass is 79.9. The summed E-state index contributed by atoms with van der Waals surface area (Å²) in [4.78, 5) is 26.3. The number of rotatable bonds is 5. The van der Waals surface area contributed by atoms with Crippen LogP contribution in [0.15, 0.2) is 70.0 Å². The molecule has 1 amide bonds. The van der Waals surface area contributed by atoms with E-state index in [0.717, 1.165) is 21.3 Å². The molecule has 1 saturated heterocycles. The maximum atomic E-state index is 14.5. The third kappa shape index (κ3) is 4.35. The first-order valence-corrected chi connectivity index (χ1v) is 14.0. The van der Waals surface area contributed by atoms with Crippen LogP contribution in [0.1, 0.15) is 34.3 Å². The normalized spacial score (nSPS) is 17.3. The SMILES string of the molecule is O=C(O)c1ccc(CN2C(=O)C3(CCN(S(=O)(=O)c4cccc(Cl)c4F)CC3)c3cc(Br)ccc32)cc1. The van der Waals surface area contributed by atoms with Crippen LogP contribution in [0.4, 0.5) is 10.1 Å². The molecule has 1 N–H and O–H groups in total. The van der Waals surface area contributed by atoms with E-state index in [1.54, 1.807) is 17.0 Å². The van der Waals surface area contributed by atoms with E-state index in [-0.39, 0.29) is 49.0 Å². The second-order valence-corrected chi connectivity index (χ2v) is 12.3. The largest absolute Gasteiger partial charge is 0.478 e. The zero-order valence-electron chi connectivity index (χ0n) is 19.3. The van der Waals surface area contributed by atoms with E-state index in [4.69, 9.17) is 16.7 Å². The van der Waals surface area contributed by atoms with Crippen LogP contribution in [-0.4, -0.2) is 42.8 Å². The van der Waals surface area contributed by atoms with Crippen molar-refractivity contribution in [2.45, 2.75) is 29.7 Å². The van der Waals surface area contributed by atoms with Gasteiger partial charge in [0.15, 0.2) is 5.82 Å². The van der Waals surface area contributed by atoms with E-state index in [9.17, 15) is 22.4 Å². The molecule has 7 nitrogen and oxygen atoms in total. The summed E-state index contributed by atoms with van der Waals surface area (Å²) in [5, 5.41) is 8.89. The van der Waals surface area contributed by atoms with Crippen molar-refractivity contribution in [3.8, 4) is 0 Å². The summed E-state index contributed by atoms with van der Waals surface area (Å²) in [6.45, 7) is 0.311. The molecule has 1 fully saturated rings.